The molecule has 0 radical (unpaired) electrons. The van der Waals surface area contributed by atoms with Crippen LogP contribution in [0.3, 0.4) is 0 Å². The summed E-state index contributed by atoms with van der Waals surface area (Å²) in [6.07, 6.45) is 3.71. The largest absolute Gasteiger partial charge is 0.474 e. The Kier molecular flexibility index (Phi) is 3.50. The maximum atomic E-state index is 5.90. The molecule has 1 saturated carbocycles. The predicted octanol–water partition coefficient (Wildman–Crippen LogP) is 2.57. The monoisotopic (exact) mass is 235 g/mol. The SMILES string of the molecule is Cc1cc(OC2CCC(C)C(C)C2)nc(N)n1. The van der Waals surface area contributed by atoms with E-state index in [0.29, 0.717) is 11.8 Å². The van der Waals surface area contributed by atoms with E-state index in [-0.39, 0.29) is 12.1 Å². The fraction of sp³-hybridized carbons (Fsp3) is 0.692. The molecule has 4 nitrogen and oxygen atoms in total. The van der Waals surface area contributed by atoms with Crippen molar-refractivity contribution in [3.05, 3.63) is 11.8 Å². The number of rotatable bonds is 2. The molecule has 1 heterocycles. The van der Waals surface area contributed by atoms with Crippen LogP contribution >= 0.6 is 0 Å². The summed E-state index contributed by atoms with van der Waals surface area (Å²) in [6.45, 7) is 6.50. The van der Waals surface area contributed by atoms with Crippen molar-refractivity contribution in [1.29, 1.82) is 0 Å². The van der Waals surface area contributed by atoms with Gasteiger partial charge in [0.15, 0.2) is 0 Å². The van der Waals surface area contributed by atoms with E-state index in [4.69, 9.17) is 10.5 Å². The van der Waals surface area contributed by atoms with Crippen LogP contribution in [0.25, 0.3) is 0 Å². The van der Waals surface area contributed by atoms with Crippen LogP contribution in [0.4, 0.5) is 5.95 Å². The van der Waals surface area contributed by atoms with Gasteiger partial charge in [-0.3, -0.25) is 0 Å². The Labute approximate surface area is 103 Å². The van der Waals surface area contributed by atoms with Crippen molar-refractivity contribution in [3.63, 3.8) is 0 Å². The Balaban J connectivity index is 2.01. The minimum Gasteiger partial charge on any atom is -0.474 e. The third-order valence-electron chi connectivity index (χ3n) is 3.69. The lowest BCUT2D eigenvalue weighted by molar-refractivity contribution is 0.0964. The topological polar surface area (TPSA) is 61.0 Å². The molecule has 0 saturated heterocycles. The third-order valence-corrected chi connectivity index (χ3v) is 3.69. The lowest BCUT2D eigenvalue weighted by Crippen LogP contribution is -2.29. The highest BCUT2D eigenvalue weighted by molar-refractivity contribution is 5.25. The van der Waals surface area contributed by atoms with Crippen LogP contribution in [0, 0.1) is 18.8 Å². The van der Waals surface area contributed by atoms with Gasteiger partial charge in [0.25, 0.3) is 0 Å². The number of nitrogens with zero attached hydrogens (tertiary/aromatic N) is 2. The van der Waals surface area contributed by atoms with E-state index in [1.807, 2.05) is 13.0 Å². The van der Waals surface area contributed by atoms with Crippen LogP contribution in [-0.2, 0) is 0 Å². The Morgan fingerprint density at radius 2 is 2.00 bits per heavy atom. The predicted molar refractivity (Wildman–Crippen MR) is 67.8 cm³/mol. The molecular weight excluding hydrogens is 214 g/mol. The van der Waals surface area contributed by atoms with Crippen LogP contribution in [-0.4, -0.2) is 16.1 Å². The summed E-state index contributed by atoms with van der Waals surface area (Å²) in [6, 6.07) is 1.85. The fourth-order valence-electron chi connectivity index (χ4n) is 2.40. The molecule has 0 aromatic carbocycles. The van der Waals surface area contributed by atoms with Crippen LogP contribution < -0.4 is 10.5 Å². The number of hydrogen-bond acceptors (Lipinski definition) is 4. The maximum Gasteiger partial charge on any atom is 0.223 e. The Bertz CT molecular complexity index is 374. The van der Waals surface area contributed by atoms with Crippen molar-refractivity contribution in [1.82, 2.24) is 9.97 Å². The number of ether oxygens (including phenoxy) is 1. The first kappa shape index (κ1) is 12.1. The molecule has 0 aliphatic heterocycles. The third kappa shape index (κ3) is 3.08. The van der Waals surface area contributed by atoms with E-state index < -0.39 is 0 Å². The molecule has 0 amide bonds. The summed E-state index contributed by atoms with van der Waals surface area (Å²) in [5.41, 5.74) is 6.46. The number of nitrogens with two attached hydrogens (primary N) is 1. The first-order valence-electron chi connectivity index (χ1n) is 6.32. The second-order valence-electron chi connectivity index (χ2n) is 5.21. The molecule has 1 fully saturated rings. The highest BCUT2D eigenvalue weighted by atomic mass is 16.5. The zero-order chi connectivity index (χ0) is 12.4. The van der Waals surface area contributed by atoms with Gasteiger partial charge in [-0.1, -0.05) is 13.8 Å². The van der Waals surface area contributed by atoms with Crippen LogP contribution in [0.15, 0.2) is 6.07 Å². The summed E-state index contributed by atoms with van der Waals surface area (Å²) < 4.78 is 5.90. The molecule has 17 heavy (non-hydrogen) atoms. The zero-order valence-corrected chi connectivity index (χ0v) is 10.8. The van der Waals surface area contributed by atoms with Gasteiger partial charge in [0.1, 0.15) is 6.10 Å². The summed E-state index contributed by atoms with van der Waals surface area (Å²) >= 11 is 0. The normalized spacial score (nSPS) is 29.0. The van der Waals surface area contributed by atoms with Crippen molar-refractivity contribution in [3.8, 4) is 5.88 Å². The number of hydrogen-bond donors (Lipinski definition) is 1. The number of anilines is 1. The van der Waals surface area contributed by atoms with Crippen molar-refractivity contribution >= 4 is 5.95 Å². The molecule has 0 spiro atoms. The van der Waals surface area contributed by atoms with Gasteiger partial charge in [-0.15, -0.1) is 0 Å². The first-order valence-corrected chi connectivity index (χ1v) is 6.32. The van der Waals surface area contributed by atoms with Gasteiger partial charge in [0.2, 0.25) is 11.8 Å². The van der Waals surface area contributed by atoms with E-state index in [9.17, 15) is 0 Å². The van der Waals surface area contributed by atoms with Crippen molar-refractivity contribution < 1.29 is 4.74 Å². The maximum absolute atomic E-state index is 5.90. The molecule has 0 bridgehead atoms. The number of aromatic nitrogens is 2. The molecule has 1 aromatic rings. The highest BCUT2D eigenvalue weighted by Crippen LogP contribution is 2.31. The standard InChI is InChI=1S/C13H21N3O/c1-8-4-5-11(6-9(8)2)17-12-7-10(3)15-13(14)16-12/h7-9,11H,4-6H2,1-3H3,(H2,14,15,16). The second kappa shape index (κ2) is 4.90. The summed E-state index contributed by atoms with van der Waals surface area (Å²) in [5, 5.41) is 0. The number of aryl methyl sites for hydroxylation is 1. The summed E-state index contributed by atoms with van der Waals surface area (Å²) in [5.74, 6) is 2.42. The molecule has 1 aliphatic carbocycles. The second-order valence-corrected chi connectivity index (χ2v) is 5.21. The fourth-order valence-corrected chi connectivity index (χ4v) is 2.40. The van der Waals surface area contributed by atoms with E-state index >= 15 is 0 Å². The molecule has 2 N–H and O–H groups in total. The average molecular weight is 235 g/mol. The first-order chi connectivity index (χ1) is 8.04. The van der Waals surface area contributed by atoms with Crippen LogP contribution in [0.5, 0.6) is 5.88 Å². The molecule has 4 heteroatoms. The quantitative estimate of drug-likeness (QED) is 0.855. The zero-order valence-electron chi connectivity index (χ0n) is 10.8. The summed E-state index contributed by atoms with van der Waals surface area (Å²) in [7, 11) is 0. The molecular formula is C13H21N3O. The van der Waals surface area contributed by atoms with Gasteiger partial charge in [0.05, 0.1) is 0 Å². The molecule has 94 valence electrons. The van der Waals surface area contributed by atoms with Gasteiger partial charge in [-0.25, -0.2) is 4.98 Å². The molecule has 1 aromatic heterocycles. The molecule has 3 unspecified atom stereocenters. The molecule has 2 rings (SSSR count). The van der Waals surface area contributed by atoms with E-state index in [0.717, 1.165) is 24.5 Å². The Hall–Kier alpha value is -1.32. The van der Waals surface area contributed by atoms with Crippen LogP contribution in [0.1, 0.15) is 38.8 Å². The minimum absolute atomic E-state index is 0.273. The molecule has 1 aliphatic rings. The van der Waals surface area contributed by atoms with E-state index in [2.05, 4.69) is 23.8 Å². The van der Waals surface area contributed by atoms with Gasteiger partial charge in [-0.05, 0) is 38.0 Å². The highest BCUT2D eigenvalue weighted by Gasteiger charge is 2.26. The van der Waals surface area contributed by atoms with Gasteiger partial charge in [-0.2, -0.15) is 4.98 Å². The molecule has 3 atom stereocenters. The van der Waals surface area contributed by atoms with Gasteiger partial charge < -0.3 is 10.5 Å². The Morgan fingerprint density at radius 3 is 2.65 bits per heavy atom. The minimum atomic E-state index is 0.273. The van der Waals surface area contributed by atoms with Crippen molar-refractivity contribution in [2.45, 2.75) is 46.1 Å². The lowest BCUT2D eigenvalue weighted by Gasteiger charge is -2.31. The summed E-state index contributed by atoms with van der Waals surface area (Å²) in [4.78, 5) is 8.16. The van der Waals surface area contributed by atoms with Gasteiger partial charge >= 0.3 is 0 Å². The average Bonchev–Trinajstić information content (AvgIpc) is 2.22. The number of nitrogen functional groups attached to an aromatic ring is 1. The van der Waals surface area contributed by atoms with Crippen molar-refractivity contribution in [2.75, 3.05) is 5.73 Å². The van der Waals surface area contributed by atoms with Crippen LogP contribution in [0.2, 0.25) is 0 Å². The Morgan fingerprint density at radius 1 is 1.24 bits per heavy atom. The van der Waals surface area contributed by atoms with Gasteiger partial charge in [0, 0.05) is 11.8 Å². The van der Waals surface area contributed by atoms with Crippen molar-refractivity contribution in [2.24, 2.45) is 11.8 Å². The van der Waals surface area contributed by atoms with E-state index in [1.165, 1.54) is 6.42 Å². The van der Waals surface area contributed by atoms with E-state index in [1.54, 1.807) is 0 Å². The lowest BCUT2D eigenvalue weighted by atomic mass is 9.80. The smallest absolute Gasteiger partial charge is 0.223 e.